The zero-order chi connectivity index (χ0) is 15.6. The molecule has 0 saturated carbocycles. The number of carboxylic acid groups (broad SMARTS) is 2. The minimum absolute atomic E-state index is 0.299. The first-order chi connectivity index (χ1) is 8.61. The Bertz CT molecular complexity index is 336. The van der Waals surface area contributed by atoms with Crippen molar-refractivity contribution in [1.82, 2.24) is 0 Å². The fraction of sp³-hybridized carbons (Fsp3) is 0.545. The molecule has 2 atom stereocenters. The number of rotatable bonds is 6. The highest BCUT2D eigenvalue weighted by molar-refractivity contribution is 5.86. The molecule has 110 valence electrons. The van der Waals surface area contributed by atoms with E-state index in [0.29, 0.717) is 12.0 Å². The maximum Gasteiger partial charge on any atom is 0.335 e. The summed E-state index contributed by atoms with van der Waals surface area (Å²) >= 11 is 0. The number of hydrogen-bond acceptors (Lipinski definition) is 6. The second-order valence-electron chi connectivity index (χ2n) is 3.50. The van der Waals surface area contributed by atoms with Crippen LogP contribution in [0.2, 0.25) is 0 Å². The molecule has 0 aliphatic carbocycles. The number of hydrogen-bond donors (Lipinski definition) is 4. The van der Waals surface area contributed by atoms with Crippen molar-refractivity contribution in [3.05, 3.63) is 12.2 Å². The predicted octanol–water partition coefficient (Wildman–Crippen LogP) is -0.259. The van der Waals surface area contributed by atoms with Crippen LogP contribution in [-0.4, -0.2) is 50.7 Å². The zero-order valence-corrected chi connectivity index (χ0v) is 10.7. The van der Waals surface area contributed by atoms with E-state index in [1.54, 1.807) is 6.92 Å². The molecule has 0 spiro atoms. The summed E-state index contributed by atoms with van der Waals surface area (Å²) in [5, 5.41) is 32.9. The molecular formula is C11H18O8. The zero-order valence-electron chi connectivity index (χ0n) is 10.7. The van der Waals surface area contributed by atoms with Crippen LogP contribution in [0, 0.1) is 0 Å². The van der Waals surface area contributed by atoms with Gasteiger partial charge in [-0.05, 0) is 6.92 Å². The molecule has 0 saturated heterocycles. The Kier molecular flexibility index (Phi) is 10.3. The van der Waals surface area contributed by atoms with E-state index in [2.05, 4.69) is 11.3 Å². The Labute approximate surface area is 109 Å². The van der Waals surface area contributed by atoms with Crippen molar-refractivity contribution in [3.8, 4) is 0 Å². The van der Waals surface area contributed by atoms with Gasteiger partial charge in [-0.1, -0.05) is 13.5 Å². The molecule has 4 N–H and O–H groups in total. The lowest BCUT2D eigenvalue weighted by Gasteiger charge is -2.08. The third-order valence-corrected chi connectivity index (χ3v) is 1.59. The Morgan fingerprint density at radius 1 is 1.21 bits per heavy atom. The largest absolute Gasteiger partial charge is 0.481 e. The second kappa shape index (κ2) is 10.0. The van der Waals surface area contributed by atoms with Crippen molar-refractivity contribution in [2.45, 2.75) is 39.1 Å². The van der Waals surface area contributed by atoms with Crippen LogP contribution in [0.4, 0.5) is 0 Å². The van der Waals surface area contributed by atoms with Gasteiger partial charge in [0, 0.05) is 12.0 Å². The molecule has 0 heterocycles. The van der Waals surface area contributed by atoms with E-state index in [-0.39, 0.29) is 0 Å². The van der Waals surface area contributed by atoms with E-state index >= 15 is 0 Å². The van der Waals surface area contributed by atoms with Crippen molar-refractivity contribution in [2.75, 3.05) is 0 Å². The summed E-state index contributed by atoms with van der Waals surface area (Å²) in [5.41, 5.74) is 0.299. The SMILES string of the molecule is C=C(C)C(=O)OC(O)CC.O=C(O)CC(O)C(=O)O. The first-order valence-electron chi connectivity index (χ1n) is 5.29. The second-order valence-corrected chi connectivity index (χ2v) is 3.50. The van der Waals surface area contributed by atoms with Crippen LogP contribution in [0.15, 0.2) is 12.2 Å². The van der Waals surface area contributed by atoms with Crippen LogP contribution < -0.4 is 0 Å². The van der Waals surface area contributed by atoms with Crippen molar-refractivity contribution in [3.63, 3.8) is 0 Å². The fourth-order valence-corrected chi connectivity index (χ4v) is 0.560. The van der Waals surface area contributed by atoms with Gasteiger partial charge in [-0.25, -0.2) is 9.59 Å². The summed E-state index contributed by atoms with van der Waals surface area (Å²) < 4.78 is 4.48. The Hall–Kier alpha value is -1.93. The lowest BCUT2D eigenvalue weighted by Crippen LogP contribution is -2.22. The number of ether oxygens (including phenoxy) is 1. The van der Waals surface area contributed by atoms with Gasteiger partial charge >= 0.3 is 17.9 Å². The maximum atomic E-state index is 10.6. The maximum absolute atomic E-state index is 10.6. The van der Waals surface area contributed by atoms with Crippen LogP contribution >= 0.6 is 0 Å². The number of aliphatic carboxylic acids is 2. The van der Waals surface area contributed by atoms with Gasteiger partial charge in [0.2, 0.25) is 6.29 Å². The van der Waals surface area contributed by atoms with Gasteiger partial charge < -0.3 is 25.2 Å². The van der Waals surface area contributed by atoms with Crippen LogP contribution in [0.25, 0.3) is 0 Å². The summed E-state index contributed by atoms with van der Waals surface area (Å²) in [5.74, 6) is -3.39. The lowest BCUT2D eigenvalue weighted by atomic mass is 10.3. The molecule has 0 aromatic rings. The number of esters is 1. The van der Waals surface area contributed by atoms with E-state index in [1.807, 2.05) is 0 Å². The van der Waals surface area contributed by atoms with Gasteiger partial charge in [-0.2, -0.15) is 0 Å². The Morgan fingerprint density at radius 2 is 1.68 bits per heavy atom. The monoisotopic (exact) mass is 278 g/mol. The van der Waals surface area contributed by atoms with E-state index in [1.165, 1.54) is 6.92 Å². The number of carboxylic acids is 2. The third kappa shape index (κ3) is 12.3. The molecule has 0 bridgehead atoms. The van der Waals surface area contributed by atoms with Gasteiger partial charge in [0.05, 0.1) is 6.42 Å². The molecule has 8 heteroatoms. The standard InChI is InChI=1S/C7H12O3.C4H6O5/c1-4-6(8)10-7(9)5(2)3;5-2(4(8)9)1-3(6)7/h6,8H,2,4H2,1,3H3;2,5H,1H2,(H,6,7)(H,8,9). The predicted molar refractivity (Wildman–Crippen MR) is 63.1 cm³/mol. The summed E-state index contributed by atoms with van der Waals surface area (Å²) in [6.45, 7) is 6.61. The number of aliphatic hydroxyl groups excluding tert-OH is 2. The molecule has 8 nitrogen and oxygen atoms in total. The van der Waals surface area contributed by atoms with Gasteiger partial charge in [-0.3, -0.25) is 4.79 Å². The minimum atomic E-state index is -1.79. The number of carbonyl (C=O) groups is 3. The van der Waals surface area contributed by atoms with Gasteiger partial charge in [-0.15, -0.1) is 0 Å². The molecular weight excluding hydrogens is 260 g/mol. The van der Waals surface area contributed by atoms with Crippen molar-refractivity contribution in [1.29, 1.82) is 0 Å². The molecule has 2 unspecified atom stereocenters. The number of aliphatic hydroxyl groups is 2. The van der Waals surface area contributed by atoms with Gasteiger partial charge in [0.25, 0.3) is 0 Å². The Morgan fingerprint density at radius 3 is 1.89 bits per heavy atom. The normalized spacial score (nSPS) is 12.4. The summed E-state index contributed by atoms with van der Waals surface area (Å²) in [4.78, 5) is 30.0. The lowest BCUT2D eigenvalue weighted by molar-refractivity contribution is -0.163. The van der Waals surface area contributed by atoms with E-state index in [4.69, 9.17) is 20.4 Å². The smallest absolute Gasteiger partial charge is 0.335 e. The van der Waals surface area contributed by atoms with Crippen LogP contribution in [0.5, 0.6) is 0 Å². The van der Waals surface area contributed by atoms with Gasteiger partial charge in [0.1, 0.15) is 0 Å². The molecule has 0 rings (SSSR count). The number of carbonyl (C=O) groups excluding carboxylic acids is 1. The van der Waals surface area contributed by atoms with E-state index in [9.17, 15) is 14.4 Å². The molecule has 0 fully saturated rings. The minimum Gasteiger partial charge on any atom is -0.481 e. The topological polar surface area (TPSA) is 141 Å². The molecule has 0 aromatic carbocycles. The van der Waals surface area contributed by atoms with Crippen LogP contribution in [0.1, 0.15) is 26.7 Å². The first kappa shape index (κ1) is 19.4. The summed E-state index contributed by atoms with van der Waals surface area (Å²) in [7, 11) is 0. The summed E-state index contributed by atoms with van der Waals surface area (Å²) in [6, 6.07) is 0. The average Bonchev–Trinajstić information content (AvgIpc) is 2.28. The summed E-state index contributed by atoms with van der Waals surface area (Å²) in [6.07, 6.45) is -3.14. The highest BCUT2D eigenvalue weighted by Gasteiger charge is 2.16. The van der Waals surface area contributed by atoms with Crippen molar-refractivity contribution in [2.24, 2.45) is 0 Å². The molecule has 0 aliphatic rings. The quantitative estimate of drug-likeness (QED) is 0.296. The molecule has 19 heavy (non-hydrogen) atoms. The van der Waals surface area contributed by atoms with E-state index < -0.39 is 36.7 Å². The first-order valence-corrected chi connectivity index (χ1v) is 5.29. The van der Waals surface area contributed by atoms with Crippen molar-refractivity contribution >= 4 is 17.9 Å². The average molecular weight is 278 g/mol. The van der Waals surface area contributed by atoms with Gasteiger partial charge in [0.15, 0.2) is 6.10 Å². The highest BCUT2D eigenvalue weighted by atomic mass is 16.6. The third-order valence-electron chi connectivity index (χ3n) is 1.59. The van der Waals surface area contributed by atoms with E-state index in [0.717, 1.165) is 0 Å². The molecule has 0 amide bonds. The molecule has 0 aliphatic heterocycles. The van der Waals surface area contributed by atoms with Crippen molar-refractivity contribution < 1.29 is 39.5 Å². The molecule has 0 radical (unpaired) electrons. The van der Waals surface area contributed by atoms with Crippen LogP contribution in [0.3, 0.4) is 0 Å². The highest BCUT2D eigenvalue weighted by Crippen LogP contribution is 1.98. The Balaban J connectivity index is 0. The van der Waals surface area contributed by atoms with Crippen LogP contribution in [-0.2, 0) is 19.1 Å². The molecule has 0 aromatic heterocycles. The fourth-order valence-electron chi connectivity index (χ4n) is 0.560.